The van der Waals surface area contributed by atoms with E-state index < -0.39 is 0 Å². The Morgan fingerprint density at radius 1 is 1.44 bits per heavy atom. The van der Waals surface area contributed by atoms with Crippen LogP contribution in [0.5, 0.6) is 0 Å². The second-order valence-electron chi connectivity index (χ2n) is 4.04. The molecule has 1 atom stereocenters. The van der Waals surface area contributed by atoms with E-state index in [9.17, 15) is 4.79 Å². The number of hydrogen-bond donors (Lipinski definition) is 2. The van der Waals surface area contributed by atoms with E-state index in [1.807, 2.05) is 24.3 Å². The number of carbonyl (C=O) groups excluding carboxylic acids is 1. The van der Waals surface area contributed by atoms with Gasteiger partial charge >= 0.3 is 6.03 Å². The molecule has 0 bridgehead atoms. The first-order valence-electron chi connectivity index (χ1n) is 5.61. The Labute approximate surface area is 95.4 Å². The Kier molecular flexibility index (Phi) is 3.10. The van der Waals surface area contributed by atoms with Gasteiger partial charge in [-0.2, -0.15) is 0 Å². The van der Waals surface area contributed by atoms with Crippen LogP contribution in [0.25, 0.3) is 0 Å². The van der Waals surface area contributed by atoms with Crippen molar-refractivity contribution in [1.82, 2.24) is 5.32 Å². The third-order valence-corrected chi connectivity index (χ3v) is 2.95. The average Bonchev–Trinajstić information content (AvgIpc) is 2.71. The molecule has 0 spiro atoms. The third kappa shape index (κ3) is 2.02. The van der Waals surface area contributed by atoms with E-state index in [0.29, 0.717) is 6.54 Å². The van der Waals surface area contributed by atoms with Crippen LogP contribution in [0.15, 0.2) is 24.3 Å². The largest absolute Gasteiger partial charge is 0.333 e. The number of rotatable bonds is 3. The van der Waals surface area contributed by atoms with Gasteiger partial charge in [-0.05, 0) is 24.1 Å². The van der Waals surface area contributed by atoms with Gasteiger partial charge in [0.15, 0.2) is 0 Å². The molecule has 2 amide bonds. The summed E-state index contributed by atoms with van der Waals surface area (Å²) in [5, 5.41) is 2.94. The first-order chi connectivity index (χ1) is 7.74. The Morgan fingerprint density at radius 2 is 2.12 bits per heavy atom. The lowest BCUT2D eigenvalue weighted by molar-refractivity contribution is 0.250. The summed E-state index contributed by atoms with van der Waals surface area (Å²) in [7, 11) is 0. The summed E-state index contributed by atoms with van der Waals surface area (Å²) in [6.45, 7) is 3.35. The van der Waals surface area contributed by atoms with E-state index in [1.54, 1.807) is 4.90 Å². The molecule has 1 unspecified atom stereocenters. The van der Waals surface area contributed by atoms with Gasteiger partial charge in [-0.1, -0.05) is 19.1 Å². The van der Waals surface area contributed by atoms with Crippen molar-refractivity contribution in [1.29, 1.82) is 0 Å². The van der Waals surface area contributed by atoms with Crippen LogP contribution in [0.1, 0.15) is 18.9 Å². The molecule has 1 aromatic rings. The third-order valence-electron chi connectivity index (χ3n) is 2.95. The van der Waals surface area contributed by atoms with E-state index in [-0.39, 0.29) is 12.1 Å². The lowest BCUT2D eigenvalue weighted by Crippen LogP contribution is -2.28. The van der Waals surface area contributed by atoms with Crippen molar-refractivity contribution in [3.63, 3.8) is 0 Å². The van der Waals surface area contributed by atoms with Crippen molar-refractivity contribution >= 4 is 11.7 Å². The monoisotopic (exact) mass is 219 g/mol. The molecule has 1 saturated heterocycles. The van der Waals surface area contributed by atoms with Crippen molar-refractivity contribution in [2.45, 2.75) is 25.9 Å². The van der Waals surface area contributed by atoms with Gasteiger partial charge in [0, 0.05) is 24.8 Å². The summed E-state index contributed by atoms with van der Waals surface area (Å²) in [6.07, 6.45) is 0.961. The molecule has 16 heavy (non-hydrogen) atoms. The Morgan fingerprint density at radius 3 is 2.62 bits per heavy atom. The maximum atomic E-state index is 11.7. The van der Waals surface area contributed by atoms with Crippen LogP contribution in [0, 0.1) is 0 Å². The first kappa shape index (κ1) is 11.0. The fraction of sp³-hybridized carbons (Fsp3) is 0.417. The van der Waals surface area contributed by atoms with Crippen LogP contribution < -0.4 is 16.0 Å². The van der Waals surface area contributed by atoms with Crippen LogP contribution in [0.2, 0.25) is 0 Å². The molecule has 0 saturated carbocycles. The molecule has 4 nitrogen and oxygen atoms in total. The van der Waals surface area contributed by atoms with E-state index in [0.717, 1.165) is 24.2 Å². The number of anilines is 1. The molecule has 3 N–H and O–H groups in total. The number of amides is 2. The minimum atomic E-state index is -0.00708. The number of hydrogen-bond acceptors (Lipinski definition) is 2. The van der Waals surface area contributed by atoms with Crippen LogP contribution >= 0.6 is 0 Å². The molecule has 0 aromatic heterocycles. The zero-order chi connectivity index (χ0) is 11.5. The van der Waals surface area contributed by atoms with E-state index in [4.69, 9.17) is 5.73 Å². The van der Waals surface area contributed by atoms with Gasteiger partial charge in [-0.3, -0.25) is 4.90 Å². The van der Waals surface area contributed by atoms with Gasteiger partial charge in [0.1, 0.15) is 0 Å². The van der Waals surface area contributed by atoms with Crippen LogP contribution in [0.4, 0.5) is 10.5 Å². The van der Waals surface area contributed by atoms with Crippen molar-refractivity contribution in [3.8, 4) is 0 Å². The van der Waals surface area contributed by atoms with Gasteiger partial charge in [0.2, 0.25) is 0 Å². The van der Waals surface area contributed by atoms with Crippen molar-refractivity contribution in [2.24, 2.45) is 5.73 Å². The minimum Gasteiger partial charge on any atom is -0.333 e. The summed E-state index contributed by atoms with van der Waals surface area (Å²) in [4.78, 5) is 13.5. The number of nitrogens with two attached hydrogens (primary N) is 1. The van der Waals surface area contributed by atoms with Gasteiger partial charge in [-0.15, -0.1) is 0 Å². The zero-order valence-corrected chi connectivity index (χ0v) is 9.44. The number of benzene rings is 1. The standard InChI is InChI=1S/C12H17N3O/c1-2-10-8-15(12(16)14-10)11-5-3-9(7-13)4-6-11/h3-6,10H,2,7-8,13H2,1H3,(H,14,16). The molecular weight excluding hydrogens is 202 g/mol. The predicted octanol–water partition coefficient (Wildman–Crippen LogP) is 1.45. The number of carbonyl (C=O) groups is 1. The Bertz CT molecular complexity index is 374. The second-order valence-corrected chi connectivity index (χ2v) is 4.04. The molecule has 2 rings (SSSR count). The van der Waals surface area contributed by atoms with Crippen molar-refractivity contribution < 1.29 is 4.79 Å². The SMILES string of the molecule is CCC1CN(c2ccc(CN)cc2)C(=O)N1. The molecule has 1 aromatic carbocycles. The molecule has 1 heterocycles. The van der Waals surface area contributed by atoms with Crippen LogP contribution in [-0.2, 0) is 6.54 Å². The molecule has 86 valence electrons. The molecule has 1 aliphatic rings. The highest BCUT2D eigenvalue weighted by Gasteiger charge is 2.28. The quantitative estimate of drug-likeness (QED) is 0.808. The fourth-order valence-electron chi connectivity index (χ4n) is 1.87. The highest BCUT2D eigenvalue weighted by molar-refractivity contribution is 5.94. The average molecular weight is 219 g/mol. The molecular formula is C12H17N3O. The van der Waals surface area contributed by atoms with E-state index in [2.05, 4.69) is 12.2 Å². The van der Waals surface area contributed by atoms with Crippen molar-refractivity contribution in [3.05, 3.63) is 29.8 Å². The number of urea groups is 1. The lowest BCUT2D eigenvalue weighted by atomic mass is 10.2. The van der Waals surface area contributed by atoms with Gasteiger partial charge in [0.25, 0.3) is 0 Å². The van der Waals surface area contributed by atoms with E-state index in [1.165, 1.54) is 0 Å². The maximum Gasteiger partial charge on any atom is 0.322 e. The van der Waals surface area contributed by atoms with Crippen LogP contribution in [0.3, 0.4) is 0 Å². The summed E-state index contributed by atoms with van der Waals surface area (Å²) >= 11 is 0. The van der Waals surface area contributed by atoms with Crippen molar-refractivity contribution in [2.75, 3.05) is 11.4 Å². The normalized spacial score (nSPS) is 20.0. The molecule has 4 heteroatoms. The molecule has 0 aliphatic carbocycles. The van der Waals surface area contributed by atoms with E-state index >= 15 is 0 Å². The summed E-state index contributed by atoms with van der Waals surface area (Å²) in [5.74, 6) is 0. The predicted molar refractivity (Wildman–Crippen MR) is 64.3 cm³/mol. The van der Waals surface area contributed by atoms with Gasteiger partial charge in [-0.25, -0.2) is 4.79 Å². The maximum absolute atomic E-state index is 11.7. The number of nitrogens with one attached hydrogen (secondary N) is 1. The summed E-state index contributed by atoms with van der Waals surface area (Å²) < 4.78 is 0. The topological polar surface area (TPSA) is 58.4 Å². The zero-order valence-electron chi connectivity index (χ0n) is 9.44. The smallest absolute Gasteiger partial charge is 0.322 e. The molecule has 1 aliphatic heterocycles. The first-order valence-corrected chi connectivity index (χ1v) is 5.61. The molecule has 1 fully saturated rings. The Balaban J connectivity index is 2.15. The van der Waals surface area contributed by atoms with Gasteiger partial charge in [0.05, 0.1) is 0 Å². The van der Waals surface area contributed by atoms with Crippen LogP contribution in [-0.4, -0.2) is 18.6 Å². The highest BCUT2D eigenvalue weighted by Crippen LogP contribution is 2.19. The second kappa shape index (κ2) is 4.53. The summed E-state index contributed by atoms with van der Waals surface area (Å²) in [6, 6.07) is 8.07. The summed E-state index contributed by atoms with van der Waals surface area (Å²) in [5.41, 5.74) is 7.55. The number of nitrogens with zero attached hydrogens (tertiary/aromatic N) is 1. The highest BCUT2D eigenvalue weighted by atomic mass is 16.2. The fourth-order valence-corrected chi connectivity index (χ4v) is 1.87. The van der Waals surface area contributed by atoms with Gasteiger partial charge < -0.3 is 11.1 Å². The lowest BCUT2D eigenvalue weighted by Gasteiger charge is -2.14. The molecule has 0 radical (unpaired) electrons. The Hall–Kier alpha value is -1.55. The minimum absolute atomic E-state index is 0.00708.